The van der Waals surface area contributed by atoms with Crippen LogP contribution in [0.5, 0.6) is 0 Å². The minimum atomic E-state index is 0.559. The van der Waals surface area contributed by atoms with E-state index in [1.807, 2.05) is 39.6 Å². The summed E-state index contributed by atoms with van der Waals surface area (Å²) in [4.78, 5) is 2.94. The third kappa shape index (κ3) is 23.2. The number of rotatable bonds is 7. The predicted octanol–water partition coefficient (Wildman–Crippen LogP) is 20.2. The highest BCUT2D eigenvalue weighted by Crippen LogP contribution is 2.27. The van der Waals surface area contributed by atoms with Gasteiger partial charge in [-0.1, -0.05) is 115 Å². The van der Waals surface area contributed by atoms with Crippen LogP contribution >= 0.6 is 91.3 Å². The van der Waals surface area contributed by atoms with Gasteiger partial charge in [0.1, 0.15) is 0 Å². The van der Waals surface area contributed by atoms with Gasteiger partial charge in [0.05, 0.1) is 10.7 Å². The molecule has 7 heterocycles. The molecule has 0 aromatic carbocycles. The molecule has 7 aromatic rings. The number of hydrogen-bond acceptors (Lipinski definition) is 9. The predicted molar refractivity (Wildman–Crippen MR) is 279 cm³/mol. The summed E-state index contributed by atoms with van der Waals surface area (Å²) in [7, 11) is 0. The molecule has 7 rings (SSSR count). The quantitative estimate of drug-likeness (QED) is 0.159. The lowest BCUT2D eigenvalue weighted by Gasteiger charge is -2.01. The van der Waals surface area contributed by atoms with E-state index in [2.05, 4.69) is 193 Å². The van der Waals surface area contributed by atoms with Crippen molar-refractivity contribution < 1.29 is 0 Å². The fraction of sp³-hybridized carbons (Fsp3) is 0.469. The van der Waals surface area contributed by atoms with E-state index in [0.717, 1.165) is 5.02 Å². The molecule has 0 fully saturated rings. The molecule has 0 spiro atoms. The lowest BCUT2D eigenvalue weighted by molar-refractivity contribution is 0.841. The summed E-state index contributed by atoms with van der Waals surface area (Å²) < 4.78 is 8.14. The van der Waals surface area contributed by atoms with E-state index in [9.17, 15) is 0 Å². The first kappa shape index (κ1) is 55.1. The van der Waals surface area contributed by atoms with Crippen LogP contribution in [0.3, 0.4) is 0 Å². The van der Waals surface area contributed by atoms with Crippen LogP contribution < -0.4 is 0 Å². The van der Waals surface area contributed by atoms with E-state index in [0.29, 0.717) is 41.4 Å². The van der Waals surface area contributed by atoms with Gasteiger partial charge in [-0.2, -0.15) is 38.4 Å². The molecule has 0 atom stereocenters. The molecular formula is C49H71ClN2S7. The Hall–Kier alpha value is -1.95. The first-order valence-electron chi connectivity index (χ1n) is 20.5. The van der Waals surface area contributed by atoms with Gasteiger partial charge in [0.25, 0.3) is 0 Å². The standard InChI is InChI=1S/2C8H12S.C7H9ClS.2C7H10S.2C6H9NS/c1-6(2)8-5-9-4-7(8)3;1-6(2)8-4-5-9-7(8)3;1-5(2)6-3-9-4-7(6)8;1-6(2)7-3-4-8-5-7;1-6(2)7-4-3-5-8-7;1-5(2)6-3-7-8-4-6;1-5(2)6-3-4-8-7-6/h2*4-6H,1-3H3;3-5H,1-2H3;2*3-6H,1-2H3;2*3-5H,1-2H3. The number of nitrogens with zero attached hydrogens (tertiary/aromatic N) is 2. The average molecular weight is 948 g/mol. The van der Waals surface area contributed by atoms with Crippen LogP contribution in [0.2, 0.25) is 5.02 Å². The molecule has 10 heteroatoms. The number of aromatic nitrogens is 2. The van der Waals surface area contributed by atoms with Crippen molar-refractivity contribution in [1.29, 1.82) is 0 Å². The van der Waals surface area contributed by atoms with Crippen molar-refractivity contribution in [3.63, 3.8) is 0 Å². The maximum absolute atomic E-state index is 5.85. The average Bonchev–Trinajstić information content (AvgIpc) is 4.03. The summed E-state index contributed by atoms with van der Waals surface area (Å²) in [6.45, 7) is 35.1. The molecule has 0 amide bonds. The van der Waals surface area contributed by atoms with Crippen LogP contribution in [-0.4, -0.2) is 8.75 Å². The topological polar surface area (TPSA) is 25.8 Å². The minimum absolute atomic E-state index is 0.559. The number of aryl methyl sites for hydroxylation is 2. The van der Waals surface area contributed by atoms with Gasteiger partial charge in [0.15, 0.2) is 0 Å². The zero-order chi connectivity index (χ0) is 44.5. The van der Waals surface area contributed by atoms with Gasteiger partial charge in [-0.15, -0.1) is 22.7 Å². The van der Waals surface area contributed by atoms with Gasteiger partial charge in [-0.05, 0) is 174 Å². The van der Waals surface area contributed by atoms with E-state index in [1.54, 1.807) is 34.0 Å². The summed E-state index contributed by atoms with van der Waals surface area (Å²) in [5, 5.41) is 22.1. The number of hydrogen-bond donors (Lipinski definition) is 0. The second-order valence-electron chi connectivity index (χ2n) is 16.2. The van der Waals surface area contributed by atoms with E-state index >= 15 is 0 Å². The van der Waals surface area contributed by atoms with Crippen molar-refractivity contribution in [2.75, 3.05) is 0 Å². The molecule has 0 radical (unpaired) electrons. The maximum Gasteiger partial charge on any atom is 0.0567 e. The summed E-state index contributed by atoms with van der Waals surface area (Å²) in [6.07, 6.45) is 1.93. The van der Waals surface area contributed by atoms with E-state index in [4.69, 9.17) is 11.6 Å². The van der Waals surface area contributed by atoms with Crippen LogP contribution in [-0.2, 0) is 0 Å². The van der Waals surface area contributed by atoms with Crippen molar-refractivity contribution in [3.05, 3.63) is 144 Å². The Labute approximate surface area is 393 Å². The molecule has 0 N–H and O–H groups in total. The summed E-state index contributed by atoms with van der Waals surface area (Å²) in [5.74, 6) is 4.56. The third-order valence-electron chi connectivity index (χ3n) is 8.79. The van der Waals surface area contributed by atoms with Crippen LogP contribution in [0.15, 0.2) is 90.3 Å². The fourth-order valence-electron chi connectivity index (χ4n) is 4.90. The van der Waals surface area contributed by atoms with Crippen molar-refractivity contribution in [1.82, 2.24) is 8.75 Å². The molecule has 7 aromatic heterocycles. The molecule has 0 bridgehead atoms. The van der Waals surface area contributed by atoms with Gasteiger partial charge in [0, 0.05) is 32.1 Å². The Morgan fingerprint density at radius 3 is 1.34 bits per heavy atom. The van der Waals surface area contributed by atoms with E-state index in [-0.39, 0.29) is 0 Å². The molecule has 59 heavy (non-hydrogen) atoms. The Bertz CT molecular complexity index is 1680. The molecule has 0 saturated carbocycles. The molecule has 0 aliphatic heterocycles. The monoisotopic (exact) mass is 946 g/mol. The normalized spacial score (nSPS) is 10.5. The highest BCUT2D eigenvalue weighted by atomic mass is 35.5. The zero-order valence-corrected chi connectivity index (χ0v) is 44.9. The van der Waals surface area contributed by atoms with E-state index in [1.165, 1.54) is 71.9 Å². The SMILES string of the molecule is CC(C)c1cccs1.CC(C)c1ccsc1.CC(C)c1ccsn1.CC(C)c1cnsc1.CC(C)c1cscc1Cl.Cc1cscc1C(C)C.Cc1sccc1C(C)C. The molecular weight excluding hydrogens is 876 g/mol. The van der Waals surface area contributed by atoms with Gasteiger partial charge in [-0.25, -0.2) is 4.37 Å². The van der Waals surface area contributed by atoms with Gasteiger partial charge >= 0.3 is 0 Å². The molecule has 326 valence electrons. The molecule has 0 aliphatic carbocycles. The van der Waals surface area contributed by atoms with Crippen LogP contribution in [0.1, 0.15) is 187 Å². The minimum Gasteiger partial charge on any atom is -0.201 e. The van der Waals surface area contributed by atoms with Crippen LogP contribution in [0, 0.1) is 13.8 Å². The van der Waals surface area contributed by atoms with E-state index < -0.39 is 0 Å². The zero-order valence-electron chi connectivity index (χ0n) is 38.4. The molecule has 0 aliphatic rings. The number of halogens is 1. The Morgan fingerprint density at radius 2 is 1.10 bits per heavy atom. The summed E-state index contributed by atoms with van der Waals surface area (Å²) >= 11 is 17.8. The lowest BCUT2D eigenvalue weighted by atomic mass is 10.0. The van der Waals surface area contributed by atoms with Gasteiger partial charge in [-0.3, -0.25) is 0 Å². The first-order chi connectivity index (χ1) is 27.9. The Kier molecular flexibility index (Phi) is 28.9. The van der Waals surface area contributed by atoms with Crippen LogP contribution in [0.25, 0.3) is 0 Å². The lowest BCUT2D eigenvalue weighted by Crippen LogP contribution is -1.84. The van der Waals surface area contributed by atoms with Crippen molar-refractivity contribution in [3.8, 4) is 0 Å². The first-order valence-corrected chi connectivity index (χ1v) is 27.1. The highest BCUT2D eigenvalue weighted by Gasteiger charge is 2.05. The number of thiophene rings is 5. The van der Waals surface area contributed by atoms with Crippen molar-refractivity contribution >= 4 is 91.3 Å². The molecule has 0 unspecified atom stereocenters. The van der Waals surface area contributed by atoms with Gasteiger partial charge in [0.2, 0.25) is 0 Å². The van der Waals surface area contributed by atoms with Crippen molar-refractivity contribution in [2.45, 2.75) is 152 Å². The molecule has 0 saturated heterocycles. The maximum atomic E-state index is 5.85. The third-order valence-corrected chi connectivity index (χ3v) is 14.8. The summed E-state index contributed by atoms with van der Waals surface area (Å²) in [5.41, 5.74) is 9.71. The van der Waals surface area contributed by atoms with Crippen molar-refractivity contribution in [2.24, 2.45) is 0 Å². The van der Waals surface area contributed by atoms with Gasteiger partial charge < -0.3 is 0 Å². The second-order valence-corrected chi connectivity index (χ2v) is 22.3. The van der Waals surface area contributed by atoms with Crippen LogP contribution in [0.4, 0.5) is 0 Å². The highest BCUT2D eigenvalue weighted by molar-refractivity contribution is 7.10. The Morgan fingerprint density at radius 1 is 0.475 bits per heavy atom. The second kappa shape index (κ2) is 31.0. The Balaban J connectivity index is 0.000000344. The molecule has 2 nitrogen and oxygen atoms in total. The fourth-order valence-corrected chi connectivity index (χ4v) is 11.1. The smallest absolute Gasteiger partial charge is 0.0567 e. The summed E-state index contributed by atoms with van der Waals surface area (Å²) in [6, 6.07) is 10.7. The largest absolute Gasteiger partial charge is 0.201 e.